The minimum atomic E-state index is -3.43. The molecule has 1 rings (SSSR count). The van der Waals surface area contributed by atoms with E-state index in [1.807, 2.05) is 0 Å². The zero-order valence-corrected chi connectivity index (χ0v) is 9.27. The summed E-state index contributed by atoms with van der Waals surface area (Å²) in [6.07, 6.45) is 1.04. The highest BCUT2D eigenvalue weighted by atomic mass is 32.2. The smallest absolute Gasteiger partial charge is 0.175 e. The lowest BCUT2D eigenvalue weighted by Gasteiger charge is -2.02. The summed E-state index contributed by atoms with van der Waals surface area (Å²) in [6, 6.07) is 3.43. The number of benzene rings is 1. The topological polar surface area (TPSA) is 51.2 Å². The van der Waals surface area contributed by atoms with Gasteiger partial charge in [0, 0.05) is 12.7 Å². The van der Waals surface area contributed by atoms with Crippen molar-refractivity contribution in [3.8, 4) is 0 Å². The van der Waals surface area contributed by atoms with Crippen LogP contribution in [0.3, 0.4) is 0 Å². The lowest BCUT2D eigenvalue weighted by molar-refractivity contribution is -0.116. The van der Waals surface area contributed by atoms with Crippen molar-refractivity contribution in [3.63, 3.8) is 0 Å². The molecule has 15 heavy (non-hydrogen) atoms. The standard InChI is InChI=1S/C10H11FO3S/c1-7(12)3-8-4-9(11)6-10(5-8)15(2,13)14/h4-6H,3H2,1-2H3. The van der Waals surface area contributed by atoms with Crippen LogP contribution in [0.15, 0.2) is 23.1 Å². The van der Waals surface area contributed by atoms with Gasteiger partial charge in [-0.3, -0.25) is 4.79 Å². The molecule has 0 saturated heterocycles. The Hall–Kier alpha value is -1.23. The van der Waals surface area contributed by atoms with Gasteiger partial charge in [-0.2, -0.15) is 0 Å². The van der Waals surface area contributed by atoms with Crippen LogP contribution in [0, 0.1) is 5.82 Å². The van der Waals surface area contributed by atoms with Crippen molar-refractivity contribution in [3.05, 3.63) is 29.6 Å². The van der Waals surface area contributed by atoms with Crippen molar-refractivity contribution in [1.82, 2.24) is 0 Å². The average molecular weight is 230 g/mol. The van der Waals surface area contributed by atoms with Crippen LogP contribution in [0.2, 0.25) is 0 Å². The molecule has 0 aliphatic rings. The van der Waals surface area contributed by atoms with Gasteiger partial charge in [0.1, 0.15) is 11.6 Å². The lowest BCUT2D eigenvalue weighted by atomic mass is 10.1. The SMILES string of the molecule is CC(=O)Cc1cc(F)cc(S(C)(=O)=O)c1. The molecule has 0 spiro atoms. The third kappa shape index (κ3) is 3.43. The summed E-state index contributed by atoms with van der Waals surface area (Å²) in [4.78, 5) is 10.7. The second-order valence-corrected chi connectivity index (χ2v) is 5.46. The Morgan fingerprint density at radius 3 is 2.40 bits per heavy atom. The number of halogens is 1. The number of carbonyl (C=O) groups is 1. The van der Waals surface area contributed by atoms with Gasteiger partial charge in [-0.25, -0.2) is 12.8 Å². The molecule has 0 aliphatic heterocycles. The second-order valence-electron chi connectivity index (χ2n) is 3.45. The highest BCUT2D eigenvalue weighted by Gasteiger charge is 2.10. The molecule has 0 N–H and O–H groups in total. The first-order valence-electron chi connectivity index (χ1n) is 4.28. The molecule has 0 unspecified atom stereocenters. The minimum Gasteiger partial charge on any atom is -0.300 e. The quantitative estimate of drug-likeness (QED) is 0.787. The van der Waals surface area contributed by atoms with Gasteiger partial charge in [0.25, 0.3) is 0 Å². The molecule has 0 aliphatic carbocycles. The zero-order valence-electron chi connectivity index (χ0n) is 8.45. The highest BCUT2D eigenvalue weighted by Crippen LogP contribution is 2.15. The maximum absolute atomic E-state index is 13.0. The van der Waals surface area contributed by atoms with Crippen molar-refractivity contribution in [1.29, 1.82) is 0 Å². The summed E-state index contributed by atoms with van der Waals surface area (Å²) >= 11 is 0. The van der Waals surface area contributed by atoms with E-state index in [0.29, 0.717) is 5.56 Å². The molecular weight excluding hydrogens is 219 g/mol. The third-order valence-corrected chi connectivity index (χ3v) is 2.90. The van der Waals surface area contributed by atoms with Crippen LogP contribution < -0.4 is 0 Å². The van der Waals surface area contributed by atoms with Gasteiger partial charge in [-0.15, -0.1) is 0 Å². The Morgan fingerprint density at radius 2 is 1.93 bits per heavy atom. The van der Waals surface area contributed by atoms with E-state index in [-0.39, 0.29) is 17.1 Å². The van der Waals surface area contributed by atoms with Crippen LogP contribution in [0.25, 0.3) is 0 Å². The Kier molecular flexibility index (Phi) is 3.24. The fourth-order valence-corrected chi connectivity index (χ4v) is 1.92. The Morgan fingerprint density at radius 1 is 1.33 bits per heavy atom. The molecule has 0 radical (unpaired) electrons. The van der Waals surface area contributed by atoms with E-state index >= 15 is 0 Å². The molecule has 0 bridgehead atoms. The van der Waals surface area contributed by atoms with E-state index in [1.165, 1.54) is 13.0 Å². The van der Waals surface area contributed by atoms with Gasteiger partial charge in [0.2, 0.25) is 0 Å². The maximum Gasteiger partial charge on any atom is 0.175 e. The maximum atomic E-state index is 13.0. The minimum absolute atomic E-state index is 0.0419. The molecular formula is C10H11FO3S. The molecule has 3 nitrogen and oxygen atoms in total. The molecule has 0 fully saturated rings. The monoisotopic (exact) mass is 230 g/mol. The molecule has 0 heterocycles. The van der Waals surface area contributed by atoms with Crippen molar-refractivity contribution in [2.45, 2.75) is 18.2 Å². The number of hydrogen-bond acceptors (Lipinski definition) is 3. The van der Waals surface area contributed by atoms with E-state index in [0.717, 1.165) is 18.4 Å². The van der Waals surface area contributed by atoms with Crippen molar-refractivity contribution in [2.24, 2.45) is 0 Å². The molecule has 0 aromatic heterocycles. The summed E-state index contributed by atoms with van der Waals surface area (Å²) in [5.74, 6) is -0.783. The molecule has 0 atom stereocenters. The Bertz CT molecular complexity index is 491. The predicted molar refractivity (Wildman–Crippen MR) is 53.9 cm³/mol. The number of rotatable bonds is 3. The summed E-state index contributed by atoms with van der Waals surface area (Å²) < 4.78 is 35.4. The van der Waals surface area contributed by atoms with E-state index < -0.39 is 15.7 Å². The number of hydrogen-bond donors (Lipinski definition) is 0. The van der Waals surface area contributed by atoms with Crippen LogP contribution in [0.1, 0.15) is 12.5 Å². The fraction of sp³-hybridized carbons (Fsp3) is 0.300. The molecule has 1 aromatic rings. The van der Waals surface area contributed by atoms with Crippen LogP contribution in [0.4, 0.5) is 4.39 Å². The van der Waals surface area contributed by atoms with Gasteiger partial charge in [-0.1, -0.05) is 0 Å². The first-order chi connectivity index (χ1) is 6.79. The largest absolute Gasteiger partial charge is 0.300 e. The number of ketones is 1. The first-order valence-corrected chi connectivity index (χ1v) is 6.17. The van der Waals surface area contributed by atoms with Gasteiger partial charge >= 0.3 is 0 Å². The number of Topliss-reactive ketones (excluding diaryl/α,β-unsaturated/α-hetero) is 1. The normalized spacial score (nSPS) is 11.4. The molecule has 0 amide bonds. The average Bonchev–Trinajstić information content (AvgIpc) is 1.99. The predicted octanol–water partition coefficient (Wildman–Crippen LogP) is 1.36. The van der Waals surface area contributed by atoms with Gasteiger partial charge < -0.3 is 0 Å². The van der Waals surface area contributed by atoms with E-state index in [1.54, 1.807) is 0 Å². The Balaban J connectivity index is 3.23. The number of sulfone groups is 1. The van der Waals surface area contributed by atoms with E-state index in [4.69, 9.17) is 0 Å². The van der Waals surface area contributed by atoms with Crippen LogP contribution >= 0.6 is 0 Å². The summed E-state index contributed by atoms with van der Waals surface area (Å²) in [7, 11) is -3.43. The summed E-state index contributed by atoms with van der Waals surface area (Å²) in [5.41, 5.74) is 0.378. The highest BCUT2D eigenvalue weighted by molar-refractivity contribution is 7.90. The van der Waals surface area contributed by atoms with Crippen molar-refractivity contribution >= 4 is 15.6 Å². The molecule has 0 saturated carbocycles. The molecule has 5 heteroatoms. The van der Waals surface area contributed by atoms with Gasteiger partial charge in [-0.05, 0) is 30.7 Å². The number of carbonyl (C=O) groups excluding carboxylic acids is 1. The zero-order chi connectivity index (χ0) is 11.6. The van der Waals surface area contributed by atoms with Gasteiger partial charge in [0.05, 0.1) is 4.90 Å². The van der Waals surface area contributed by atoms with Crippen molar-refractivity contribution < 1.29 is 17.6 Å². The third-order valence-electron chi connectivity index (χ3n) is 1.81. The molecule has 82 valence electrons. The van der Waals surface area contributed by atoms with Crippen LogP contribution in [-0.2, 0) is 21.1 Å². The first kappa shape index (κ1) is 11.8. The molecule has 1 aromatic carbocycles. The summed E-state index contributed by atoms with van der Waals surface area (Å²) in [5, 5.41) is 0. The van der Waals surface area contributed by atoms with Crippen LogP contribution in [0.5, 0.6) is 0 Å². The van der Waals surface area contributed by atoms with Crippen LogP contribution in [-0.4, -0.2) is 20.5 Å². The second kappa shape index (κ2) is 4.10. The summed E-state index contributed by atoms with van der Waals surface area (Å²) in [6.45, 7) is 1.37. The Labute approximate surface area is 87.8 Å². The lowest BCUT2D eigenvalue weighted by Crippen LogP contribution is -2.02. The fourth-order valence-electron chi connectivity index (χ4n) is 1.22. The van der Waals surface area contributed by atoms with E-state index in [2.05, 4.69) is 0 Å². The van der Waals surface area contributed by atoms with Crippen molar-refractivity contribution in [2.75, 3.05) is 6.26 Å². The van der Waals surface area contributed by atoms with Gasteiger partial charge in [0.15, 0.2) is 9.84 Å². The van der Waals surface area contributed by atoms with E-state index in [9.17, 15) is 17.6 Å².